The van der Waals surface area contributed by atoms with Crippen LogP contribution in [0.25, 0.3) is 0 Å². The van der Waals surface area contributed by atoms with Crippen molar-refractivity contribution in [3.8, 4) is 0 Å². The van der Waals surface area contributed by atoms with E-state index in [1.165, 1.54) is 25.5 Å². The number of aryl methyl sites for hydroxylation is 1. The molecule has 1 unspecified atom stereocenters. The van der Waals surface area contributed by atoms with E-state index in [0.29, 0.717) is 12.5 Å². The SMILES string of the molecule is COC(=O)C(CN)(CCc1ccc(N)cc1)CC1CC1. The number of methoxy groups -OCH3 is 1. The highest BCUT2D eigenvalue weighted by molar-refractivity contribution is 5.77. The number of anilines is 1. The molecule has 1 atom stereocenters. The highest BCUT2D eigenvalue weighted by Gasteiger charge is 2.42. The molecule has 1 aliphatic rings. The standard InChI is InChI=1S/C16H24N2O2/c1-20-15(19)16(11-17,10-13-2-3-13)9-8-12-4-6-14(18)7-5-12/h4-7,13H,2-3,8-11,17-18H2,1H3. The molecule has 0 aliphatic heterocycles. The lowest BCUT2D eigenvalue weighted by Gasteiger charge is -2.29. The van der Waals surface area contributed by atoms with Gasteiger partial charge in [-0.2, -0.15) is 0 Å². The minimum absolute atomic E-state index is 0.164. The maximum Gasteiger partial charge on any atom is 0.313 e. The zero-order valence-electron chi connectivity index (χ0n) is 12.1. The van der Waals surface area contributed by atoms with Gasteiger partial charge < -0.3 is 16.2 Å². The van der Waals surface area contributed by atoms with Gasteiger partial charge >= 0.3 is 5.97 Å². The van der Waals surface area contributed by atoms with E-state index in [1.54, 1.807) is 0 Å². The predicted molar refractivity (Wildman–Crippen MR) is 80.0 cm³/mol. The molecule has 1 aliphatic carbocycles. The van der Waals surface area contributed by atoms with Crippen LogP contribution in [0.15, 0.2) is 24.3 Å². The fourth-order valence-electron chi connectivity index (χ4n) is 2.72. The van der Waals surface area contributed by atoms with E-state index in [4.69, 9.17) is 16.2 Å². The van der Waals surface area contributed by atoms with Crippen LogP contribution in [0, 0.1) is 11.3 Å². The monoisotopic (exact) mass is 276 g/mol. The van der Waals surface area contributed by atoms with Crippen LogP contribution in [-0.4, -0.2) is 19.6 Å². The summed E-state index contributed by atoms with van der Waals surface area (Å²) in [5.41, 5.74) is 13.0. The lowest BCUT2D eigenvalue weighted by Crippen LogP contribution is -2.40. The van der Waals surface area contributed by atoms with E-state index in [1.807, 2.05) is 24.3 Å². The Morgan fingerprint density at radius 3 is 2.50 bits per heavy atom. The van der Waals surface area contributed by atoms with E-state index in [9.17, 15) is 4.79 Å². The van der Waals surface area contributed by atoms with Gasteiger partial charge in [0.05, 0.1) is 12.5 Å². The molecule has 1 fully saturated rings. The number of esters is 1. The van der Waals surface area contributed by atoms with Gasteiger partial charge in [0.15, 0.2) is 0 Å². The molecule has 0 heterocycles. The lowest BCUT2D eigenvalue weighted by atomic mass is 9.77. The van der Waals surface area contributed by atoms with Gasteiger partial charge in [0.2, 0.25) is 0 Å². The zero-order valence-corrected chi connectivity index (χ0v) is 12.1. The van der Waals surface area contributed by atoms with E-state index >= 15 is 0 Å². The Hall–Kier alpha value is -1.55. The smallest absolute Gasteiger partial charge is 0.313 e. The molecule has 4 N–H and O–H groups in total. The van der Waals surface area contributed by atoms with E-state index in [-0.39, 0.29) is 5.97 Å². The molecule has 0 bridgehead atoms. The third-order valence-electron chi connectivity index (χ3n) is 4.26. The molecular weight excluding hydrogens is 252 g/mol. The van der Waals surface area contributed by atoms with Crippen LogP contribution in [-0.2, 0) is 16.0 Å². The fourth-order valence-corrected chi connectivity index (χ4v) is 2.72. The quantitative estimate of drug-likeness (QED) is 0.590. The normalized spacial score (nSPS) is 17.5. The molecule has 0 radical (unpaired) electrons. The fraction of sp³-hybridized carbons (Fsp3) is 0.562. The lowest BCUT2D eigenvalue weighted by molar-refractivity contribution is -0.153. The van der Waals surface area contributed by atoms with Crippen LogP contribution < -0.4 is 11.5 Å². The van der Waals surface area contributed by atoms with Crippen molar-refractivity contribution in [2.45, 2.75) is 32.1 Å². The Bertz CT molecular complexity index is 454. The first kappa shape index (κ1) is 14.9. The Kier molecular flexibility index (Phi) is 4.65. The van der Waals surface area contributed by atoms with Gasteiger partial charge in [0.1, 0.15) is 0 Å². The van der Waals surface area contributed by atoms with Crippen LogP contribution in [0.4, 0.5) is 5.69 Å². The Morgan fingerprint density at radius 1 is 1.35 bits per heavy atom. The minimum Gasteiger partial charge on any atom is -0.469 e. The van der Waals surface area contributed by atoms with Crippen molar-refractivity contribution in [2.24, 2.45) is 17.1 Å². The van der Waals surface area contributed by atoms with Gasteiger partial charge in [-0.25, -0.2) is 0 Å². The number of hydrogen-bond donors (Lipinski definition) is 2. The molecule has 1 saturated carbocycles. The van der Waals surface area contributed by atoms with Gasteiger partial charge in [0, 0.05) is 12.2 Å². The van der Waals surface area contributed by atoms with Crippen LogP contribution in [0.5, 0.6) is 0 Å². The largest absolute Gasteiger partial charge is 0.469 e. The van der Waals surface area contributed by atoms with Crippen LogP contribution in [0.1, 0.15) is 31.2 Å². The number of carbonyl (C=O) groups is 1. The number of nitrogens with two attached hydrogens (primary N) is 2. The molecule has 4 heteroatoms. The average molecular weight is 276 g/mol. The summed E-state index contributed by atoms with van der Waals surface area (Å²) < 4.78 is 5.00. The van der Waals surface area contributed by atoms with Crippen molar-refractivity contribution in [1.29, 1.82) is 0 Å². The Morgan fingerprint density at radius 2 is 2.00 bits per heavy atom. The van der Waals surface area contributed by atoms with Crippen LogP contribution in [0.3, 0.4) is 0 Å². The molecule has 4 nitrogen and oxygen atoms in total. The van der Waals surface area contributed by atoms with Crippen molar-refractivity contribution in [1.82, 2.24) is 0 Å². The Balaban J connectivity index is 2.05. The second-order valence-electron chi connectivity index (χ2n) is 5.87. The number of hydrogen-bond acceptors (Lipinski definition) is 4. The first-order valence-corrected chi connectivity index (χ1v) is 7.22. The van der Waals surface area contributed by atoms with E-state index < -0.39 is 5.41 Å². The number of rotatable bonds is 7. The number of carbonyl (C=O) groups excluding carboxylic acids is 1. The van der Waals surface area contributed by atoms with Gasteiger partial charge in [-0.15, -0.1) is 0 Å². The summed E-state index contributed by atoms with van der Waals surface area (Å²) >= 11 is 0. The summed E-state index contributed by atoms with van der Waals surface area (Å²) in [6, 6.07) is 7.78. The molecule has 1 aromatic rings. The summed E-state index contributed by atoms with van der Waals surface area (Å²) in [6.07, 6.45) is 4.82. The molecule has 0 spiro atoms. The predicted octanol–water partition coefficient (Wildman–Crippen LogP) is 2.12. The van der Waals surface area contributed by atoms with Gasteiger partial charge in [0.25, 0.3) is 0 Å². The first-order chi connectivity index (χ1) is 9.59. The highest BCUT2D eigenvalue weighted by atomic mass is 16.5. The summed E-state index contributed by atoms with van der Waals surface area (Å²) in [7, 11) is 1.45. The molecule has 1 aromatic carbocycles. The first-order valence-electron chi connectivity index (χ1n) is 7.22. The molecular formula is C16H24N2O2. The third-order valence-corrected chi connectivity index (χ3v) is 4.26. The highest BCUT2D eigenvalue weighted by Crippen LogP contribution is 2.43. The summed E-state index contributed by atoms with van der Waals surface area (Å²) in [5.74, 6) is 0.478. The van der Waals surface area contributed by atoms with Crippen molar-refractivity contribution >= 4 is 11.7 Å². The number of ether oxygens (including phenoxy) is 1. The number of benzene rings is 1. The molecule has 0 amide bonds. The molecule has 0 aromatic heterocycles. The minimum atomic E-state index is -0.530. The van der Waals surface area contributed by atoms with Gasteiger partial charge in [-0.05, 0) is 42.9 Å². The second kappa shape index (κ2) is 6.27. The van der Waals surface area contributed by atoms with E-state index in [2.05, 4.69) is 0 Å². The molecule has 2 rings (SSSR count). The zero-order chi connectivity index (χ0) is 14.6. The summed E-state index contributed by atoms with van der Waals surface area (Å²) in [5, 5.41) is 0. The summed E-state index contributed by atoms with van der Waals surface area (Å²) in [4.78, 5) is 12.2. The third kappa shape index (κ3) is 3.51. The van der Waals surface area contributed by atoms with Gasteiger partial charge in [-0.1, -0.05) is 25.0 Å². The topological polar surface area (TPSA) is 78.3 Å². The van der Waals surface area contributed by atoms with Crippen molar-refractivity contribution in [3.05, 3.63) is 29.8 Å². The second-order valence-corrected chi connectivity index (χ2v) is 5.87. The van der Waals surface area contributed by atoms with Crippen molar-refractivity contribution in [3.63, 3.8) is 0 Å². The maximum absolute atomic E-state index is 12.2. The van der Waals surface area contributed by atoms with Crippen molar-refractivity contribution in [2.75, 3.05) is 19.4 Å². The van der Waals surface area contributed by atoms with E-state index in [0.717, 1.165) is 24.9 Å². The van der Waals surface area contributed by atoms with Crippen LogP contribution in [0.2, 0.25) is 0 Å². The average Bonchev–Trinajstić information content (AvgIpc) is 3.28. The van der Waals surface area contributed by atoms with Crippen molar-refractivity contribution < 1.29 is 9.53 Å². The molecule has 0 saturated heterocycles. The summed E-state index contributed by atoms with van der Waals surface area (Å²) in [6.45, 7) is 0.352. The Labute approximate surface area is 120 Å². The number of nitrogen functional groups attached to an aromatic ring is 1. The van der Waals surface area contributed by atoms with Gasteiger partial charge in [-0.3, -0.25) is 4.79 Å². The maximum atomic E-state index is 12.2. The molecule has 110 valence electrons. The van der Waals surface area contributed by atoms with Crippen LogP contribution >= 0.6 is 0 Å². The molecule has 20 heavy (non-hydrogen) atoms.